The molecular weight excluding hydrogens is 203 g/mol. The Kier molecular flexibility index (Phi) is 2.75. The van der Waals surface area contributed by atoms with Crippen LogP contribution in [0.2, 0.25) is 5.02 Å². The molecule has 0 bridgehead atoms. The molecule has 0 atom stereocenters. The molecule has 1 fully saturated rings. The molecule has 0 unspecified atom stereocenters. The number of hydrogen-bond acceptors (Lipinski definition) is 1. The third kappa shape index (κ3) is 1.77. The zero-order valence-corrected chi connectivity index (χ0v) is 8.47. The summed E-state index contributed by atoms with van der Waals surface area (Å²) in [7, 11) is 0. The fourth-order valence-electron chi connectivity index (χ4n) is 1.92. The topological polar surface area (TPSA) is 20.2 Å². The highest BCUT2D eigenvalue weighted by molar-refractivity contribution is 6.30. The van der Waals surface area contributed by atoms with Crippen molar-refractivity contribution in [3.05, 3.63) is 34.6 Å². The molecule has 1 saturated carbocycles. The van der Waals surface area contributed by atoms with Gasteiger partial charge in [0.1, 0.15) is 5.82 Å². The summed E-state index contributed by atoms with van der Waals surface area (Å²) in [6.07, 6.45) is 1.91. The van der Waals surface area contributed by atoms with Crippen LogP contribution < -0.4 is 0 Å². The Hall–Kier alpha value is -0.600. The third-order valence-electron chi connectivity index (χ3n) is 2.91. The molecule has 1 aliphatic rings. The van der Waals surface area contributed by atoms with Gasteiger partial charge in [-0.25, -0.2) is 4.39 Å². The Bertz CT molecular complexity index is 334. The maximum Gasteiger partial charge on any atom is 0.142 e. The molecule has 1 N–H and O–H groups in total. The molecule has 0 amide bonds. The van der Waals surface area contributed by atoms with E-state index in [2.05, 4.69) is 0 Å². The molecule has 1 aliphatic carbocycles. The van der Waals surface area contributed by atoms with Crippen molar-refractivity contribution in [1.29, 1.82) is 0 Å². The summed E-state index contributed by atoms with van der Waals surface area (Å²) in [5.41, 5.74) is 0.997. The molecule has 1 nitrogen and oxygen atoms in total. The number of benzene rings is 1. The lowest BCUT2D eigenvalue weighted by molar-refractivity contribution is 0.142. The molecule has 0 saturated heterocycles. The minimum absolute atomic E-state index is 0.173. The molecule has 3 heteroatoms. The van der Waals surface area contributed by atoms with Crippen molar-refractivity contribution in [1.82, 2.24) is 0 Å². The summed E-state index contributed by atoms with van der Waals surface area (Å²) < 4.78 is 13.1. The maximum absolute atomic E-state index is 13.1. The highest BCUT2D eigenvalue weighted by Gasteiger charge is 2.29. The van der Waals surface area contributed by atoms with Gasteiger partial charge in [-0.15, -0.1) is 0 Å². The van der Waals surface area contributed by atoms with Crippen molar-refractivity contribution in [2.24, 2.45) is 5.92 Å². The van der Waals surface area contributed by atoms with Crippen LogP contribution in [0.1, 0.15) is 24.3 Å². The van der Waals surface area contributed by atoms with Crippen molar-refractivity contribution in [3.63, 3.8) is 0 Å². The standard InChI is InChI=1S/C11H12ClFO/c12-10-2-1-8(5-11(10)13)9-3-7(4-9)6-14/h1-2,5,7,9,14H,3-4,6H2/t7-,9-. The van der Waals surface area contributed by atoms with Crippen LogP contribution in [0.3, 0.4) is 0 Å². The van der Waals surface area contributed by atoms with Gasteiger partial charge >= 0.3 is 0 Å². The second-order valence-electron chi connectivity index (χ2n) is 3.89. The summed E-state index contributed by atoms with van der Waals surface area (Å²) in [6, 6.07) is 4.96. The van der Waals surface area contributed by atoms with Crippen molar-refractivity contribution in [3.8, 4) is 0 Å². The van der Waals surface area contributed by atoms with Crippen LogP contribution in [0.15, 0.2) is 18.2 Å². The minimum Gasteiger partial charge on any atom is -0.396 e. The van der Waals surface area contributed by atoms with E-state index in [0.717, 1.165) is 18.4 Å². The highest BCUT2D eigenvalue weighted by Crippen LogP contribution is 2.41. The van der Waals surface area contributed by atoms with E-state index < -0.39 is 0 Å². The normalized spacial score (nSPS) is 25.9. The average Bonchev–Trinajstić information content (AvgIpc) is 2.09. The summed E-state index contributed by atoms with van der Waals surface area (Å²) in [5, 5.41) is 9.03. The van der Waals surface area contributed by atoms with E-state index in [1.54, 1.807) is 6.07 Å². The van der Waals surface area contributed by atoms with E-state index in [1.165, 1.54) is 6.07 Å². The molecule has 0 aliphatic heterocycles. The van der Waals surface area contributed by atoms with Gasteiger partial charge in [-0.1, -0.05) is 17.7 Å². The van der Waals surface area contributed by atoms with Gasteiger partial charge in [0.25, 0.3) is 0 Å². The Morgan fingerprint density at radius 1 is 1.43 bits per heavy atom. The lowest BCUT2D eigenvalue weighted by atomic mass is 9.72. The Balaban J connectivity index is 2.08. The number of hydrogen-bond donors (Lipinski definition) is 1. The van der Waals surface area contributed by atoms with Crippen LogP contribution in [0, 0.1) is 11.7 Å². The van der Waals surface area contributed by atoms with Crippen LogP contribution in [-0.2, 0) is 0 Å². The molecule has 14 heavy (non-hydrogen) atoms. The van der Waals surface area contributed by atoms with Gasteiger partial charge in [0, 0.05) is 6.61 Å². The number of rotatable bonds is 2. The van der Waals surface area contributed by atoms with Crippen molar-refractivity contribution >= 4 is 11.6 Å². The van der Waals surface area contributed by atoms with E-state index in [4.69, 9.17) is 16.7 Å². The molecule has 0 aromatic heterocycles. The predicted molar refractivity (Wildman–Crippen MR) is 54.0 cm³/mol. The molecule has 0 spiro atoms. The molecule has 2 rings (SSSR count). The van der Waals surface area contributed by atoms with Gasteiger partial charge in [-0.3, -0.25) is 0 Å². The second-order valence-corrected chi connectivity index (χ2v) is 4.30. The van der Waals surface area contributed by atoms with E-state index in [-0.39, 0.29) is 17.4 Å². The van der Waals surface area contributed by atoms with Crippen LogP contribution >= 0.6 is 11.6 Å². The monoisotopic (exact) mass is 214 g/mol. The van der Waals surface area contributed by atoms with Gasteiger partial charge in [-0.05, 0) is 42.4 Å². The number of aliphatic hydroxyl groups is 1. The fraction of sp³-hybridized carbons (Fsp3) is 0.455. The summed E-state index contributed by atoms with van der Waals surface area (Å²) in [4.78, 5) is 0. The first kappa shape index (κ1) is 9.94. The Labute approximate surface area is 87.5 Å². The van der Waals surface area contributed by atoms with Gasteiger partial charge < -0.3 is 5.11 Å². The van der Waals surface area contributed by atoms with Crippen LogP contribution in [0.25, 0.3) is 0 Å². The van der Waals surface area contributed by atoms with Crippen LogP contribution in [-0.4, -0.2) is 11.7 Å². The lowest BCUT2D eigenvalue weighted by Gasteiger charge is -2.34. The van der Waals surface area contributed by atoms with Crippen molar-refractivity contribution < 1.29 is 9.50 Å². The van der Waals surface area contributed by atoms with Crippen molar-refractivity contribution in [2.45, 2.75) is 18.8 Å². The number of halogens is 2. The number of aliphatic hydroxyl groups excluding tert-OH is 1. The zero-order valence-electron chi connectivity index (χ0n) is 7.71. The van der Waals surface area contributed by atoms with Crippen LogP contribution in [0.4, 0.5) is 4.39 Å². The van der Waals surface area contributed by atoms with E-state index in [1.807, 2.05) is 6.07 Å². The second kappa shape index (κ2) is 3.87. The Morgan fingerprint density at radius 3 is 2.71 bits per heavy atom. The molecule has 1 aromatic rings. The SMILES string of the molecule is OC[C@H]1C[C@H](c2ccc(Cl)c(F)c2)C1. The summed E-state index contributed by atoms with van der Waals surface area (Å²) >= 11 is 5.59. The van der Waals surface area contributed by atoms with E-state index in [0.29, 0.717) is 11.8 Å². The van der Waals surface area contributed by atoms with E-state index >= 15 is 0 Å². The smallest absolute Gasteiger partial charge is 0.142 e. The molecule has 1 aromatic carbocycles. The first-order valence-corrected chi connectivity index (χ1v) is 5.14. The highest BCUT2D eigenvalue weighted by atomic mass is 35.5. The molecule has 76 valence electrons. The van der Waals surface area contributed by atoms with E-state index in [9.17, 15) is 4.39 Å². The van der Waals surface area contributed by atoms with Gasteiger partial charge in [0.15, 0.2) is 0 Å². The molecular formula is C11H12ClFO. The first-order valence-electron chi connectivity index (χ1n) is 4.76. The average molecular weight is 215 g/mol. The predicted octanol–water partition coefficient (Wildman–Crippen LogP) is 2.97. The lowest BCUT2D eigenvalue weighted by Crippen LogP contribution is -2.24. The van der Waals surface area contributed by atoms with Crippen molar-refractivity contribution in [2.75, 3.05) is 6.61 Å². The molecule has 0 heterocycles. The Morgan fingerprint density at radius 2 is 2.14 bits per heavy atom. The maximum atomic E-state index is 13.1. The summed E-state index contributed by atoms with van der Waals surface area (Å²) in [5.74, 6) is 0.453. The van der Waals surface area contributed by atoms with Crippen LogP contribution in [0.5, 0.6) is 0 Å². The first-order chi connectivity index (χ1) is 6.70. The largest absolute Gasteiger partial charge is 0.396 e. The van der Waals surface area contributed by atoms with Gasteiger partial charge in [-0.2, -0.15) is 0 Å². The van der Waals surface area contributed by atoms with Gasteiger partial charge in [0.2, 0.25) is 0 Å². The third-order valence-corrected chi connectivity index (χ3v) is 3.22. The minimum atomic E-state index is -0.350. The fourth-order valence-corrected chi connectivity index (χ4v) is 2.04. The quantitative estimate of drug-likeness (QED) is 0.803. The zero-order chi connectivity index (χ0) is 10.1. The summed E-state index contributed by atoms with van der Waals surface area (Å²) in [6.45, 7) is 0.243. The van der Waals surface area contributed by atoms with Gasteiger partial charge in [0.05, 0.1) is 5.02 Å². The molecule has 0 radical (unpaired) electrons.